The average molecular weight is 441 g/mol. The highest BCUT2D eigenvalue weighted by Crippen LogP contribution is 2.20. The minimum Gasteiger partial charge on any atom is -0.368 e. The van der Waals surface area contributed by atoms with Crippen molar-refractivity contribution < 1.29 is 14.0 Å². The molecule has 0 aromatic heterocycles. The van der Waals surface area contributed by atoms with Gasteiger partial charge in [0.25, 0.3) is 5.91 Å². The number of nitrogens with zero attached hydrogens (tertiary/aromatic N) is 3. The molecule has 4 N–H and O–H groups in total. The van der Waals surface area contributed by atoms with Crippen LogP contribution in [0.2, 0.25) is 0 Å². The highest BCUT2D eigenvalue weighted by molar-refractivity contribution is 5.96. The topological polar surface area (TPSA) is 103 Å². The van der Waals surface area contributed by atoms with Crippen molar-refractivity contribution >= 4 is 23.5 Å². The molecule has 0 unspecified atom stereocenters. The molecule has 8 nitrogen and oxygen atoms in total. The number of guanidine groups is 1. The van der Waals surface area contributed by atoms with E-state index in [9.17, 15) is 14.0 Å². The first-order valence-corrected chi connectivity index (χ1v) is 10.7. The van der Waals surface area contributed by atoms with Crippen molar-refractivity contribution in [3.8, 4) is 0 Å². The summed E-state index contributed by atoms with van der Waals surface area (Å²) in [6.45, 7) is 5.91. The number of primary amides is 1. The van der Waals surface area contributed by atoms with Crippen LogP contribution in [0.1, 0.15) is 22.8 Å². The number of hydrogen-bond donors (Lipinski definition) is 3. The molecule has 0 spiro atoms. The summed E-state index contributed by atoms with van der Waals surface area (Å²) in [7, 11) is 0. The molecule has 2 aromatic carbocycles. The van der Waals surface area contributed by atoms with Crippen LogP contribution in [-0.2, 0) is 11.3 Å². The van der Waals surface area contributed by atoms with E-state index in [2.05, 4.69) is 20.4 Å². The lowest BCUT2D eigenvalue weighted by atomic mass is 10.1. The maximum Gasteiger partial charge on any atom is 0.251 e. The quantitative estimate of drug-likeness (QED) is 0.445. The number of anilines is 1. The molecular formula is C23H29FN6O2. The Balaban J connectivity index is 1.59. The van der Waals surface area contributed by atoms with Crippen molar-refractivity contribution in [1.82, 2.24) is 15.5 Å². The van der Waals surface area contributed by atoms with Crippen molar-refractivity contribution in [3.63, 3.8) is 0 Å². The Morgan fingerprint density at radius 3 is 2.34 bits per heavy atom. The van der Waals surface area contributed by atoms with Crippen LogP contribution in [0.25, 0.3) is 0 Å². The molecule has 0 saturated carbocycles. The molecule has 9 heteroatoms. The number of amides is 2. The predicted octanol–water partition coefficient (Wildman–Crippen LogP) is 1.33. The molecule has 1 saturated heterocycles. The van der Waals surface area contributed by atoms with Gasteiger partial charge in [0.15, 0.2) is 5.96 Å². The van der Waals surface area contributed by atoms with Crippen LogP contribution in [0.5, 0.6) is 0 Å². The molecule has 0 radical (unpaired) electrons. The fourth-order valence-electron chi connectivity index (χ4n) is 3.49. The van der Waals surface area contributed by atoms with Gasteiger partial charge in [0, 0.05) is 38.3 Å². The largest absolute Gasteiger partial charge is 0.368 e. The summed E-state index contributed by atoms with van der Waals surface area (Å²) in [5.74, 6) is -0.327. The van der Waals surface area contributed by atoms with Crippen molar-refractivity contribution in [2.45, 2.75) is 13.5 Å². The van der Waals surface area contributed by atoms with E-state index in [-0.39, 0.29) is 18.3 Å². The molecule has 2 amide bonds. The van der Waals surface area contributed by atoms with E-state index in [0.29, 0.717) is 30.9 Å². The minimum atomic E-state index is -0.588. The molecule has 0 aliphatic carbocycles. The molecule has 0 atom stereocenters. The van der Waals surface area contributed by atoms with E-state index in [1.807, 2.05) is 31.2 Å². The SMILES string of the molecule is CCNC(=NCc1ccc(C(=O)NCC(N)=O)cc1)N1CCN(c2ccccc2F)CC1. The number of aliphatic imine (C=N–C) groups is 1. The third-order valence-corrected chi connectivity index (χ3v) is 5.16. The number of halogens is 1. The first-order valence-electron chi connectivity index (χ1n) is 10.7. The molecule has 32 heavy (non-hydrogen) atoms. The zero-order chi connectivity index (χ0) is 22.9. The van der Waals surface area contributed by atoms with Gasteiger partial charge in [-0.3, -0.25) is 9.59 Å². The van der Waals surface area contributed by atoms with E-state index in [0.717, 1.165) is 31.2 Å². The molecule has 1 aliphatic rings. The molecule has 1 fully saturated rings. The van der Waals surface area contributed by atoms with Crippen LogP contribution in [0.3, 0.4) is 0 Å². The summed E-state index contributed by atoms with van der Waals surface area (Å²) in [6.07, 6.45) is 0. The van der Waals surface area contributed by atoms with E-state index in [1.54, 1.807) is 18.2 Å². The summed E-state index contributed by atoms with van der Waals surface area (Å²) in [5, 5.41) is 5.78. The average Bonchev–Trinajstić information content (AvgIpc) is 2.81. The number of para-hydroxylation sites is 1. The molecule has 170 valence electrons. The Bertz CT molecular complexity index is 955. The van der Waals surface area contributed by atoms with E-state index in [4.69, 9.17) is 10.7 Å². The molecule has 2 aromatic rings. The van der Waals surface area contributed by atoms with Gasteiger partial charge in [-0.05, 0) is 36.8 Å². The fourth-order valence-corrected chi connectivity index (χ4v) is 3.49. The first kappa shape index (κ1) is 23.1. The van der Waals surface area contributed by atoms with Crippen LogP contribution >= 0.6 is 0 Å². The van der Waals surface area contributed by atoms with Crippen LogP contribution in [0.15, 0.2) is 53.5 Å². The minimum absolute atomic E-state index is 0.193. The number of nitrogens with two attached hydrogens (primary N) is 1. The number of nitrogens with one attached hydrogen (secondary N) is 2. The molecule has 0 bridgehead atoms. The second kappa shape index (κ2) is 11.1. The highest BCUT2D eigenvalue weighted by atomic mass is 19.1. The van der Waals surface area contributed by atoms with Gasteiger partial charge in [-0.25, -0.2) is 9.38 Å². The third kappa shape index (κ3) is 6.19. The zero-order valence-electron chi connectivity index (χ0n) is 18.2. The molecular weight excluding hydrogens is 411 g/mol. The zero-order valence-corrected chi connectivity index (χ0v) is 18.2. The number of hydrogen-bond acceptors (Lipinski definition) is 4. The maximum absolute atomic E-state index is 14.1. The Morgan fingerprint density at radius 1 is 1.03 bits per heavy atom. The van der Waals surface area contributed by atoms with Gasteiger partial charge < -0.3 is 26.2 Å². The lowest BCUT2D eigenvalue weighted by Gasteiger charge is -2.37. The van der Waals surface area contributed by atoms with E-state index >= 15 is 0 Å². The Morgan fingerprint density at radius 2 is 1.72 bits per heavy atom. The van der Waals surface area contributed by atoms with Crippen molar-refractivity contribution in [1.29, 1.82) is 0 Å². The van der Waals surface area contributed by atoms with Crippen LogP contribution in [-0.4, -0.2) is 61.9 Å². The number of carbonyl (C=O) groups excluding carboxylic acids is 2. The van der Waals surface area contributed by atoms with E-state index < -0.39 is 5.91 Å². The Kier molecular flexibility index (Phi) is 8.02. The van der Waals surface area contributed by atoms with Gasteiger partial charge in [0.2, 0.25) is 5.91 Å². The van der Waals surface area contributed by atoms with Crippen molar-refractivity contribution in [2.24, 2.45) is 10.7 Å². The molecule has 1 heterocycles. The monoisotopic (exact) mass is 440 g/mol. The number of piperazine rings is 1. The summed E-state index contributed by atoms with van der Waals surface area (Å²) < 4.78 is 14.1. The lowest BCUT2D eigenvalue weighted by Crippen LogP contribution is -2.52. The molecule has 3 rings (SSSR count). The van der Waals surface area contributed by atoms with Crippen LogP contribution < -0.4 is 21.3 Å². The van der Waals surface area contributed by atoms with Gasteiger partial charge in [-0.2, -0.15) is 0 Å². The smallest absolute Gasteiger partial charge is 0.251 e. The first-order chi connectivity index (χ1) is 15.5. The maximum atomic E-state index is 14.1. The number of benzene rings is 2. The van der Waals surface area contributed by atoms with E-state index in [1.165, 1.54) is 6.07 Å². The second-order valence-corrected chi connectivity index (χ2v) is 7.44. The number of rotatable bonds is 7. The van der Waals surface area contributed by atoms with Crippen LogP contribution in [0.4, 0.5) is 10.1 Å². The van der Waals surface area contributed by atoms with Crippen LogP contribution in [0, 0.1) is 5.82 Å². The summed E-state index contributed by atoms with van der Waals surface area (Å²) >= 11 is 0. The van der Waals surface area contributed by atoms with Gasteiger partial charge in [0.05, 0.1) is 18.8 Å². The van der Waals surface area contributed by atoms with Gasteiger partial charge in [0.1, 0.15) is 5.82 Å². The van der Waals surface area contributed by atoms with Crippen molar-refractivity contribution in [2.75, 3.05) is 44.2 Å². The second-order valence-electron chi connectivity index (χ2n) is 7.44. The van der Waals surface area contributed by atoms with Gasteiger partial charge >= 0.3 is 0 Å². The summed E-state index contributed by atoms with van der Waals surface area (Å²) in [4.78, 5) is 31.7. The summed E-state index contributed by atoms with van der Waals surface area (Å²) in [5.41, 5.74) is 7.09. The fraction of sp³-hybridized carbons (Fsp3) is 0.348. The standard InChI is InChI=1S/C23H29FN6O2/c1-2-26-23(30-13-11-29(12-14-30)20-6-4-3-5-19(20)24)28-15-17-7-9-18(10-8-17)22(32)27-16-21(25)31/h3-10H,2,11-16H2,1H3,(H2,25,31)(H,26,28)(H,27,32). The lowest BCUT2D eigenvalue weighted by molar-refractivity contribution is -0.117. The number of carbonyl (C=O) groups is 2. The normalized spacial score (nSPS) is 14.2. The predicted molar refractivity (Wildman–Crippen MR) is 123 cm³/mol. The van der Waals surface area contributed by atoms with Gasteiger partial charge in [-0.1, -0.05) is 24.3 Å². The highest BCUT2D eigenvalue weighted by Gasteiger charge is 2.21. The third-order valence-electron chi connectivity index (χ3n) is 5.16. The molecule has 1 aliphatic heterocycles. The van der Waals surface area contributed by atoms with Crippen molar-refractivity contribution in [3.05, 3.63) is 65.5 Å². The Hall–Kier alpha value is -3.62. The summed E-state index contributed by atoms with van der Waals surface area (Å²) in [6, 6.07) is 13.9. The van der Waals surface area contributed by atoms with Gasteiger partial charge in [-0.15, -0.1) is 0 Å². The Labute approximate surface area is 187 Å².